The second-order valence-corrected chi connectivity index (χ2v) is 2.24. The summed E-state index contributed by atoms with van der Waals surface area (Å²) in [6.45, 7) is 0.160. The first-order valence-electron chi connectivity index (χ1n) is 3.09. The van der Waals surface area contributed by atoms with Crippen LogP contribution in [0.2, 0.25) is 0 Å². The van der Waals surface area contributed by atoms with E-state index in [1.54, 1.807) is 0 Å². The molecule has 0 saturated heterocycles. The van der Waals surface area contributed by atoms with Gasteiger partial charge in [-0.1, -0.05) is 0 Å². The Morgan fingerprint density at radius 2 is 2.45 bits per heavy atom. The number of carbonyl (C=O) groups excluding carboxylic acids is 1. The number of rotatable bonds is 0. The molecule has 11 heavy (non-hydrogen) atoms. The topological polar surface area (TPSA) is 39.2 Å². The second kappa shape index (κ2) is 2.02. The molecule has 3 nitrogen and oxygen atoms in total. The zero-order valence-corrected chi connectivity index (χ0v) is 5.50. The Morgan fingerprint density at radius 3 is 3.27 bits per heavy atom. The molecular formula is C7H4FNO2. The van der Waals surface area contributed by atoms with Gasteiger partial charge in [-0.05, 0) is 0 Å². The minimum atomic E-state index is -0.581. The van der Waals surface area contributed by atoms with Crippen molar-refractivity contribution in [2.45, 2.75) is 6.61 Å². The molecule has 0 spiro atoms. The molecule has 0 amide bonds. The third-order valence-corrected chi connectivity index (χ3v) is 1.53. The van der Waals surface area contributed by atoms with Gasteiger partial charge in [0.25, 0.3) is 0 Å². The van der Waals surface area contributed by atoms with Crippen molar-refractivity contribution in [3.63, 3.8) is 0 Å². The number of carbonyl (C=O) groups is 1. The first-order valence-corrected chi connectivity index (χ1v) is 3.09. The zero-order chi connectivity index (χ0) is 7.84. The number of fused-ring (bicyclic) bond motifs is 1. The standard InChI is InChI=1S/C7H4FNO2/c8-6-1-4-3-11-7(10)5(4)2-9-6/h1-2H,3H2. The monoisotopic (exact) mass is 153 g/mol. The van der Waals surface area contributed by atoms with Gasteiger partial charge < -0.3 is 4.74 Å². The van der Waals surface area contributed by atoms with Crippen LogP contribution in [0.25, 0.3) is 0 Å². The molecule has 1 aromatic rings. The Morgan fingerprint density at radius 1 is 1.64 bits per heavy atom. The van der Waals surface area contributed by atoms with Crippen LogP contribution in [0.4, 0.5) is 4.39 Å². The minimum Gasteiger partial charge on any atom is -0.457 e. The molecule has 0 radical (unpaired) electrons. The minimum absolute atomic E-state index is 0.160. The Labute approximate surface area is 61.8 Å². The van der Waals surface area contributed by atoms with Gasteiger partial charge in [0, 0.05) is 17.8 Å². The molecule has 2 heterocycles. The predicted molar refractivity (Wildman–Crippen MR) is 33.3 cm³/mol. The van der Waals surface area contributed by atoms with Crippen molar-refractivity contribution in [3.8, 4) is 0 Å². The van der Waals surface area contributed by atoms with Gasteiger partial charge in [0.05, 0.1) is 5.56 Å². The van der Waals surface area contributed by atoms with E-state index in [9.17, 15) is 9.18 Å². The van der Waals surface area contributed by atoms with E-state index in [0.717, 1.165) is 0 Å². The summed E-state index contributed by atoms with van der Waals surface area (Å²) in [6, 6.07) is 1.21. The summed E-state index contributed by atoms with van der Waals surface area (Å²) in [5, 5.41) is 0. The van der Waals surface area contributed by atoms with Crippen LogP contribution in [0.15, 0.2) is 12.3 Å². The molecule has 1 aliphatic rings. The predicted octanol–water partition coefficient (Wildman–Crippen LogP) is 0.891. The molecular weight excluding hydrogens is 149 g/mol. The summed E-state index contributed by atoms with van der Waals surface area (Å²) >= 11 is 0. The van der Waals surface area contributed by atoms with Gasteiger partial charge in [-0.25, -0.2) is 9.78 Å². The molecule has 2 rings (SSSR count). The van der Waals surface area contributed by atoms with Gasteiger partial charge in [-0.15, -0.1) is 0 Å². The number of esters is 1. The van der Waals surface area contributed by atoms with Gasteiger partial charge in [-0.3, -0.25) is 0 Å². The molecule has 0 bridgehead atoms. The van der Waals surface area contributed by atoms with Crippen LogP contribution in [0, 0.1) is 5.95 Å². The lowest BCUT2D eigenvalue weighted by Crippen LogP contribution is -1.94. The maximum absolute atomic E-state index is 12.4. The van der Waals surface area contributed by atoms with Gasteiger partial charge in [0.1, 0.15) is 6.61 Å². The lowest BCUT2D eigenvalue weighted by Gasteiger charge is -1.90. The summed E-state index contributed by atoms with van der Waals surface area (Å²) < 4.78 is 17.0. The van der Waals surface area contributed by atoms with Crippen molar-refractivity contribution in [2.24, 2.45) is 0 Å². The third-order valence-electron chi connectivity index (χ3n) is 1.53. The normalized spacial score (nSPS) is 14.5. The number of pyridine rings is 1. The fourth-order valence-corrected chi connectivity index (χ4v) is 0.992. The SMILES string of the molecule is O=C1OCc2cc(F)ncc21. The Balaban J connectivity index is 2.59. The fourth-order valence-electron chi connectivity index (χ4n) is 0.992. The van der Waals surface area contributed by atoms with E-state index >= 15 is 0 Å². The summed E-state index contributed by atoms with van der Waals surface area (Å²) in [7, 11) is 0. The van der Waals surface area contributed by atoms with Crippen molar-refractivity contribution >= 4 is 5.97 Å². The van der Waals surface area contributed by atoms with Crippen molar-refractivity contribution in [2.75, 3.05) is 0 Å². The lowest BCUT2D eigenvalue weighted by atomic mass is 10.2. The molecule has 4 heteroatoms. The maximum atomic E-state index is 12.4. The van der Waals surface area contributed by atoms with E-state index in [2.05, 4.69) is 9.72 Å². The number of ether oxygens (including phenoxy) is 1. The molecule has 0 aromatic carbocycles. The average Bonchev–Trinajstić information content (AvgIpc) is 2.32. The zero-order valence-electron chi connectivity index (χ0n) is 5.50. The summed E-state index contributed by atoms with van der Waals surface area (Å²) in [5.41, 5.74) is 0.939. The highest BCUT2D eigenvalue weighted by molar-refractivity contribution is 5.92. The molecule has 56 valence electrons. The van der Waals surface area contributed by atoms with Crippen molar-refractivity contribution in [3.05, 3.63) is 29.3 Å². The average molecular weight is 153 g/mol. The Kier molecular flexibility index (Phi) is 1.15. The van der Waals surface area contributed by atoms with Crippen LogP contribution in [0.5, 0.6) is 0 Å². The van der Waals surface area contributed by atoms with Gasteiger partial charge in [-0.2, -0.15) is 4.39 Å². The van der Waals surface area contributed by atoms with Gasteiger partial charge in [0.2, 0.25) is 5.95 Å². The third kappa shape index (κ3) is 0.869. The van der Waals surface area contributed by atoms with E-state index in [-0.39, 0.29) is 6.61 Å². The van der Waals surface area contributed by atoms with Crippen molar-refractivity contribution in [1.29, 1.82) is 0 Å². The fraction of sp³-hybridized carbons (Fsp3) is 0.143. The number of aromatic nitrogens is 1. The number of hydrogen-bond donors (Lipinski definition) is 0. The molecule has 0 unspecified atom stereocenters. The summed E-state index contributed by atoms with van der Waals surface area (Å²) in [5.74, 6) is -1.01. The molecule has 0 N–H and O–H groups in total. The van der Waals surface area contributed by atoms with E-state index in [1.165, 1.54) is 12.3 Å². The maximum Gasteiger partial charge on any atom is 0.340 e. The van der Waals surface area contributed by atoms with Crippen molar-refractivity contribution < 1.29 is 13.9 Å². The number of halogens is 1. The Hall–Kier alpha value is -1.45. The molecule has 0 aliphatic carbocycles. The van der Waals surface area contributed by atoms with Crippen LogP contribution < -0.4 is 0 Å². The highest BCUT2D eigenvalue weighted by Crippen LogP contribution is 2.18. The highest BCUT2D eigenvalue weighted by atomic mass is 19.1. The summed E-state index contributed by atoms with van der Waals surface area (Å²) in [6.07, 6.45) is 1.19. The van der Waals surface area contributed by atoms with Crippen LogP contribution in [0.1, 0.15) is 15.9 Å². The van der Waals surface area contributed by atoms with E-state index < -0.39 is 11.9 Å². The molecule has 0 saturated carbocycles. The van der Waals surface area contributed by atoms with Gasteiger partial charge >= 0.3 is 5.97 Å². The van der Waals surface area contributed by atoms with Crippen LogP contribution in [-0.2, 0) is 11.3 Å². The first-order chi connectivity index (χ1) is 5.27. The first kappa shape index (κ1) is 6.27. The largest absolute Gasteiger partial charge is 0.457 e. The molecule has 1 aromatic heterocycles. The number of nitrogens with zero attached hydrogens (tertiary/aromatic N) is 1. The number of hydrogen-bond acceptors (Lipinski definition) is 3. The molecule has 0 atom stereocenters. The smallest absolute Gasteiger partial charge is 0.340 e. The van der Waals surface area contributed by atoms with E-state index in [0.29, 0.717) is 11.1 Å². The highest BCUT2D eigenvalue weighted by Gasteiger charge is 2.21. The van der Waals surface area contributed by atoms with Crippen LogP contribution in [-0.4, -0.2) is 11.0 Å². The molecule has 1 aliphatic heterocycles. The Bertz CT molecular complexity index is 324. The van der Waals surface area contributed by atoms with Crippen LogP contribution >= 0.6 is 0 Å². The molecule has 0 fully saturated rings. The van der Waals surface area contributed by atoms with Crippen LogP contribution in [0.3, 0.4) is 0 Å². The van der Waals surface area contributed by atoms with Crippen molar-refractivity contribution in [1.82, 2.24) is 4.98 Å². The van der Waals surface area contributed by atoms with Gasteiger partial charge in [0.15, 0.2) is 0 Å². The van der Waals surface area contributed by atoms with E-state index in [4.69, 9.17) is 0 Å². The van der Waals surface area contributed by atoms with E-state index in [1.807, 2.05) is 0 Å². The summed E-state index contributed by atoms with van der Waals surface area (Å²) in [4.78, 5) is 14.1. The lowest BCUT2D eigenvalue weighted by molar-refractivity contribution is 0.0535. The number of cyclic esters (lactones) is 1. The quantitative estimate of drug-likeness (QED) is 0.410. The second-order valence-electron chi connectivity index (χ2n) is 2.24.